The Morgan fingerprint density at radius 2 is 1.06 bits per heavy atom. The van der Waals surface area contributed by atoms with Gasteiger partial charge in [-0.15, -0.1) is 0 Å². The Kier molecular flexibility index (Phi) is 3.13. The molecule has 4 bridgehead atoms. The molecule has 4 saturated carbocycles. The maximum atomic E-state index is 4.01. The Balaban J connectivity index is 1.47. The molecular formula is C14H20Br2S. The van der Waals surface area contributed by atoms with Gasteiger partial charge in [-0.2, -0.15) is 11.8 Å². The standard InChI is InChI=1S/C14H20Br2S/c15-11-7-1-3-9(5-7)13(11)17-14-10-4-2-8(6-10)12(14)16/h7-14H,1-6H2/t7-,8+,9+,10-,11+,12-,13-,14-/m1/s1. The zero-order valence-corrected chi connectivity index (χ0v) is 14.0. The third-order valence-electron chi connectivity index (χ3n) is 5.80. The molecule has 0 aromatic heterocycles. The summed E-state index contributed by atoms with van der Waals surface area (Å²) in [6.45, 7) is 0. The predicted octanol–water partition coefficient (Wildman–Crippen LogP) is 4.84. The number of rotatable bonds is 2. The molecule has 3 heteroatoms. The van der Waals surface area contributed by atoms with Gasteiger partial charge >= 0.3 is 0 Å². The molecule has 8 atom stereocenters. The fraction of sp³-hybridized carbons (Fsp3) is 1.00. The van der Waals surface area contributed by atoms with Gasteiger partial charge in [-0.3, -0.25) is 0 Å². The first-order chi connectivity index (χ1) is 8.24. The van der Waals surface area contributed by atoms with Crippen LogP contribution in [0.3, 0.4) is 0 Å². The van der Waals surface area contributed by atoms with Crippen LogP contribution in [-0.4, -0.2) is 20.2 Å². The van der Waals surface area contributed by atoms with Crippen LogP contribution in [0.1, 0.15) is 38.5 Å². The number of hydrogen-bond acceptors (Lipinski definition) is 1. The molecule has 0 aliphatic heterocycles. The van der Waals surface area contributed by atoms with Crippen molar-refractivity contribution < 1.29 is 0 Å². The molecule has 0 radical (unpaired) electrons. The maximum Gasteiger partial charge on any atom is 0.0295 e. The number of halogens is 2. The smallest absolute Gasteiger partial charge is 0.0295 e. The van der Waals surface area contributed by atoms with Crippen molar-refractivity contribution >= 4 is 43.6 Å². The molecule has 0 N–H and O–H groups in total. The van der Waals surface area contributed by atoms with Gasteiger partial charge in [0.25, 0.3) is 0 Å². The fourth-order valence-electron chi connectivity index (χ4n) is 4.89. The lowest BCUT2D eigenvalue weighted by atomic mass is 9.99. The first kappa shape index (κ1) is 12.1. The molecule has 4 aliphatic rings. The molecule has 0 spiro atoms. The van der Waals surface area contributed by atoms with Gasteiger partial charge < -0.3 is 0 Å². The van der Waals surface area contributed by atoms with E-state index in [2.05, 4.69) is 43.6 Å². The number of thioether (sulfide) groups is 1. The summed E-state index contributed by atoms with van der Waals surface area (Å²) in [5.74, 6) is 4.08. The van der Waals surface area contributed by atoms with Crippen LogP contribution < -0.4 is 0 Å². The van der Waals surface area contributed by atoms with E-state index in [1.165, 1.54) is 38.5 Å². The molecule has 96 valence electrons. The minimum atomic E-state index is 0.824. The lowest BCUT2D eigenvalue weighted by molar-refractivity contribution is 0.488. The zero-order chi connectivity index (χ0) is 11.6. The van der Waals surface area contributed by atoms with Crippen molar-refractivity contribution in [3.8, 4) is 0 Å². The van der Waals surface area contributed by atoms with E-state index < -0.39 is 0 Å². The third-order valence-corrected chi connectivity index (χ3v) is 11.1. The summed E-state index contributed by atoms with van der Waals surface area (Å²) in [6.07, 6.45) is 9.04. The largest absolute Gasteiger partial charge is 0.152 e. The topological polar surface area (TPSA) is 0 Å². The molecule has 4 rings (SSSR count). The van der Waals surface area contributed by atoms with E-state index >= 15 is 0 Å². The van der Waals surface area contributed by atoms with Crippen molar-refractivity contribution in [2.24, 2.45) is 23.7 Å². The van der Waals surface area contributed by atoms with Crippen LogP contribution in [0.2, 0.25) is 0 Å². The average Bonchev–Trinajstić information content (AvgIpc) is 3.05. The van der Waals surface area contributed by atoms with E-state index in [4.69, 9.17) is 0 Å². The molecule has 0 aromatic rings. The van der Waals surface area contributed by atoms with Gasteiger partial charge in [-0.25, -0.2) is 0 Å². The number of hydrogen-bond donors (Lipinski definition) is 0. The van der Waals surface area contributed by atoms with E-state index in [-0.39, 0.29) is 0 Å². The van der Waals surface area contributed by atoms with Crippen LogP contribution in [0.4, 0.5) is 0 Å². The van der Waals surface area contributed by atoms with Gasteiger partial charge in [0.15, 0.2) is 0 Å². The Morgan fingerprint density at radius 3 is 1.41 bits per heavy atom. The van der Waals surface area contributed by atoms with E-state index in [1.807, 2.05) is 0 Å². The van der Waals surface area contributed by atoms with Gasteiger partial charge in [0.05, 0.1) is 0 Å². The highest BCUT2D eigenvalue weighted by atomic mass is 79.9. The SMILES string of the molecule is Br[C@@H]1[C@H]2CC[C@H](C2)[C@H]1S[C@@H]1[C@H]2CC[C@H](C2)[C@@H]1Br. The van der Waals surface area contributed by atoms with Crippen molar-refractivity contribution in [3.05, 3.63) is 0 Å². The van der Waals surface area contributed by atoms with Gasteiger partial charge in [-0.05, 0) is 62.2 Å². The molecule has 0 amide bonds. The van der Waals surface area contributed by atoms with E-state index in [0.29, 0.717) is 0 Å². The molecule has 0 aromatic carbocycles. The van der Waals surface area contributed by atoms with E-state index in [9.17, 15) is 0 Å². The van der Waals surface area contributed by atoms with Crippen molar-refractivity contribution in [3.63, 3.8) is 0 Å². The monoisotopic (exact) mass is 378 g/mol. The normalized spacial score (nSPS) is 60.4. The second-order valence-electron chi connectivity index (χ2n) is 6.62. The molecule has 17 heavy (non-hydrogen) atoms. The summed E-state index contributed by atoms with van der Waals surface area (Å²) in [5, 5.41) is 1.86. The molecule has 0 unspecified atom stereocenters. The van der Waals surface area contributed by atoms with Crippen molar-refractivity contribution in [1.82, 2.24) is 0 Å². The quantitative estimate of drug-likeness (QED) is 0.618. The fourth-order valence-corrected chi connectivity index (χ4v) is 9.51. The molecule has 0 nitrogen and oxygen atoms in total. The van der Waals surface area contributed by atoms with Gasteiger partial charge in [-0.1, -0.05) is 31.9 Å². The van der Waals surface area contributed by atoms with Crippen LogP contribution in [0.5, 0.6) is 0 Å². The lowest BCUT2D eigenvalue weighted by Crippen LogP contribution is -2.32. The second kappa shape index (κ2) is 4.41. The molecule has 0 saturated heterocycles. The lowest BCUT2D eigenvalue weighted by Gasteiger charge is -2.34. The molecule has 4 aliphatic carbocycles. The summed E-state index contributed by atoms with van der Waals surface area (Å²) in [4.78, 5) is 1.65. The molecular weight excluding hydrogens is 360 g/mol. The first-order valence-corrected chi connectivity index (χ1v) is 9.95. The summed E-state index contributed by atoms with van der Waals surface area (Å²) in [7, 11) is 0. The van der Waals surface area contributed by atoms with E-state index in [1.54, 1.807) is 0 Å². The third kappa shape index (κ3) is 1.81. The van der Waals surface area contributed by atoms with Gasteiger partial charge in [0.1, 0.15) is 0 Å². The highest BCUT2D eigenvalue weighted by Crippen LogP contribution is 2.59. The summed E-state index contributed by atoms with van der Waals surface area (Å²) >= 11 is 10.4. The average molecular weight is 380 g/mol. The molecule has 4 fully saturated rings. The Bertz CT molecular complexity index is 287. The van der Waals surface area contributed by atoms with Crippen LogP contribution >= 0.6 is 43.6 Å². The summed E-state index contributed by atoms with van der Waals surface area (Å²) in [5.41, 5.74) is 0. The predicted molar refractivity (Wildman–Crippen MR) is 82.3 cm³/mol. The Labute approximate surface area is 125 Å². The summed E-state index contributed by atoms with van der Waals surface area (Å²) in [6, 6.07) is 0. The van der Waals surface area contributed by atoms with Crippen LogP contribution in [-0.2, 0) is 0 Å². The summed E-state index contributed by atoms with van der Waals surface area (Å²) < 4.78 is 0. The first-order valence-electron chi connectivity index (χ1n) is 7.17. The number of alkyl halides is 2. The second-order valence-corrected chi connectivity index (χ2v) is 10.1. The van der Waals surface area contributed by atoms with Crippen LogP contribution in [0.25, 0.3) is 0 Å². The van der Waals surface area contributed by atoms with Gasteiger partial charge in [0, 0.05) is 20.2 Å². The van der Waals surface area contributed by atoms with Crippen molar-refractivity contribution in [2.75, 3.05) is 0 Å². The van der Waals surface area contributed by atoms with E-state index in [0.717, 1.165) is 43.8 Å². The minimum absolute atomic E-state index is 0.824. The van der Waals surface area contributed by atoms with Crippen LogP contribution in [0, 0.1) is 23.7 Å². The Hall–Kier alpha value is 1.31. The minimum Gasteiger partial charge on any atom is -0.152 e. The van der Waals surface area contributed by atoms with Crippen molar-refractivity contribution in [2.45, 2.75) is 58.7 Å². The zero-order valence-electron chi connectivity index (χ0n) is 10.0. The van der Waals surface area contributed by atoms with Crippen LogP contribution in [0.15, 0.2) is 0 Å². The highest BCUT2D eigenvalue weighted by Gasteiger charge is 2.52. The maximum absolute atomic E-state index is 4.01. The Morgan fingerprint density at radius 1 is 0.647 bits per heavy atom. The van der Waals surface area contributed by atoms with Crippen molar-refractivity contribution in [1.29, 1.82) is 0 Å². The van der Waals surface area contributed by atoms with Gasteiger partial charge in [0.2, 0.25) is 0 Å². The number of fused-ring (bicyclic) bond motifs is 4. The highest BCUT2D eigenvalue weighted by molar-refractivity contribution is 9.10. The molecule has 0 heterocycles.